The smallest absolute Gasteiger partial charge is 1.00 e. The van der Waals surface area contributed by atoms with Crippen LogP contribution in [0.15, 0.2) is 105 Å². The number of nitrogens with one attached hydrogen (secondary N) is 1. The Balaban J connectivity index is 0.00000264. The number of hydrogen-bond donors (Lipinski definition) is 3. The van der Waals surface area contributed by atoms with Crippen LogP contribution in [0.25, 0.3) is 0 Å². The molecule has 0 bridgehead atoms. The van der Waals surface area contributed by atoms with Gasteiger partial charge in [0.1, 0.15) is 0 Å². The Morgan fingerprint density at radius 2 is 1.09 bits per heavy atom. The summed E-state index contributed by atoms with van der Waals surface area (Å²) in [5, 5.41) is 3.51. The minimum absolute atomic E-state index is 0. The van der Waals surface area contributed by atoms with Crippen LogP contribution in [0.5, 0.6) is 0 Å². The van der Waals surface area contributed by atoms with Crippen molar-refractivity contribution in [1.82, 2.24) is 0 Å². The van der Waals surface area contributed by atoms with Gasteiger partial charge in [-0.3, -0.25) is 9.11 Å². The molecule has 0 amide bonds. The van der Waals surface area contributed by atoms with E-state index >= 15 is 0 Å². The van der Waals surface area contributed by atoms with E-state index in [9.17, 15) is 25.9 Å². The zero-order valence-electron chi connectivity index (χ0n) is 25.1. The van der Waals surface area contributed by atoms with Gasteiger partial charge in [-0.2, -0.15) is 16.8 Å². The fourth-order valence-electron chi connectivity index (χ4n) is 4.88. The van der Waals surface area contributed by atoms with Crippen LogP contribution >= 0.6 is 11.8 Å². The van der Waals surface area contributed by atoms with Crippen LogP contribution < -0.4 is 44.7 Å². The molecule has 0 radical (unpaired) electrons. The van der Waals surface area contributed by atoms with Crippen molar-refractivity contribution in [3.63, 3.8) is 0 Å². The summed E-state index contributed by atoms with van der Waals surface area (Å²) >= 11 is 1.65. The molecule has 5 rings (SSSR count). The summed E-state index contributed by atoms with van der Waals surface area (Å²) in [5.41, 5.74) is 5.48. The summed E-state index contributed by atoms with van der Waals surface area (Å²) in [6, 6.07) is 25.0. The molecular formula is C30H32N3NaO6S3. The summed E-state index contributed by atoms with van der Waals surface area (Å²) in [7, 11) is -8.56. The molecule has 0 aliphatic carbocycles. The second-order valence-electron chi connectivity index (χ2n) is 9.86. The quantitative estimate of drug-likeness (QED) is 0.153. The summed E-state index contributed by atoms with van der Waals surface area (Å²) in [4.78, 5) is 6.12. The van der Waals surface area contributed by atoms with Gasteiger partial charge in [0.05, 0.1) is 21.2 Å². The maximum absolute atomic E-state index is 11.6. The maximum atomic E-state index is 11.6. The van der Waals surface area contributed by atoms with E-state index in [0.717, 1.165) is 43.7 Å². The van der Waals surface area contributed by atoms with Crippen LogP contribution in [0.1, 0.15) is 26.4 Å². The van der Waals surface area contributed by atoms with Gasteiger partial charge < -0.3 is 16.5 Å². The number of rotatable bonds is 10. The summed E-state index contributed by atoms with van der Waals surface area (Å²) < 4.78 is 65.2. The average Bonchev–Trinajstić information content (AvgIpc) is 2.96. The molecule has 3 N–H and O–H groups in total. The van der Waals surface area contributed by atoms with Gasteiger partial charge in [-0.25, -0.2) is 0 Å². The van der Waals surface area contributed by atoms with Gasteiger partial charge >= 0.3 is 29.6 Å². The molecule has 0 unspecified atom stereocenters. The summed E-state index contributed by atoms with van der Waals surface area (Å²) in [6.07, 6.45) is 0. The fraction of sp³-hybridized carbons (Fsp3) is 0.200. The van der Waals surface area contributed by atoms with Crippen molar-refractivity contribution < 1.29 is 56.9 Å². The Morgan fingerprint density at radius 3 is 1.47 bits per heavy atom. The number of fused-ring (bicyclic) bond motifs is 2. The predicted octanol–water partition coefficient (Wildman–Crippen LogP) is 3.56. The molecule has 0 spiro atoms. The molecule has 0 aromatic heterocycles. The Bertz CT molecular complexity index is 1730. The topological polar surface area (TPSA) is 127 Å². The van der Waals surface area contributed by atoms with Gasteiger partial charge in [-0.05, 0) is 85.6 Å². The fourth-order valence-corrected chi connectivity index (χ4v) is 7.03. The van der Waals surface area contributed by atoms with Crippen LogP contribution in [0, 0.1) is 0 Å². The van der Waals surface area contributed by atoms with Gasteiger partial charge in [0.15, 0.2) is 0 Å². The molecular weight excluding hydrogens is 618 g/mol. The molecule has 9 nitrogen and oxygen atoms in total. The van der Waals surface area contributed by atoms with Crippen molar-refractivity contribution in [1.29, 1.82) is 0 Å². The number of anilines is 4. The van der Waals surface area contributed by atoms with Crippen molar-refractivity contribution in [2.75, 3.05) is 28.2 Å². The minimum Gasteiger partial charge on any atom is -1.00 e. The largest absolute Gasteiger partial charge is 1.00 e. The third-order valence-electron chi connectivity index (χ3n) is 7.05. The molecule has 0 saturated heterocycles. The van der Waals surface area contributed by atoms with Gasteiger partial charge in [0.2, 0.25) is 0 Å². The predicted molar refractivity (Wildman–Crippen MR) is 167 cm³/mol. The van der Waals surface area contributed by atoms with Gasteiger partial charge in [0, 0.05) is 47.3 Å². The number of hydrogen-bond acceptors (Lipinski definition) is 8. The zero-order valence-corrected chi connectivity index (χ0v) is 28.5. The minimum atomic E-state index is -4.28. The van der Waals surface area contributed by atoms with E-state index in [-0.39, 0.29) is 40.8 Å². The van der Waals surface area contributed by atoms with E-state index in [1.165, 1.54) is 24.3 Å². The first-order valence-corrected chi connectivity index (χ1v) is 17.0. The molecule has 0 saturated carbocycles. The standard InChI is InChI=1S/C30H31N3O6S3.Na.H/c1-3-32(19-21-7-5-9-25(15-21)41(34,35)36)23-11-13-27-29(17-23)40-30-18-24(12-14-28(30)31-27)33(4-2)20-22-8-6-10-26(16-22)42(37,38)39;;/h5-18,31H,3-4,19-20H2,1-2H3,(H,34,35,36)(H,37,38,39);;/q;+1;-1. The van der Waals surface area contributed by atoms with Crippen LogP contribution in [0.2, 0.25) is 0 Å². The van der Waals surface area contributed by atoms with Crippen LogP contribution in [-0.2, 0) is 33.3 Å². The van der Waals surface area contributed by atoms with Crippen LogP contribution in [0.4, 0.5) is 22.7 Å². The van der Waals surface area contributed by atoms with Crippen molar-refractivity contribution in [3.05, 3.63) is 96.1 Å². The molecule has 222 valence electrons. The van der Waals surface area contributed by atoms with E-state index in [4.69, 9.17) is 0 Å². The molecule has 4 aromatic carbocycles. The Kier molecular flexibility index (Phi) is 10.6. The first kappa shape index (κ1) is 33.3. The van der Waals surface area contributed by atoms with Crippen molar-refractivity contribution in [2.45, 2.75) is 46.5 Å². The average molecular weight is 650 g/mol. The van der Waals surface area contributed by atoms with E-state index in [1.807, 2.05) is 50.2 Å². The van der Waals surface area contributed by atoms with E-state index < -0.39 is 20.2 Å². The summed E-state index contributed by atoms with van der Waals surface area (Å²) in [6.45, 7) is 6.40. The van der Waals surface area contributed by atoms with Crippen LogP contribution in [-0.4, -0.2) is 39.0 Å². The Labute approximate surface area is 280 Å². The van der Waals surface area contributed by atoms with Crippen molar-refractivity contribution in [3.8, 4) is 0 Å². The third-order valence-corrected chi connectivity index (χ3v) is 9.87. The monoisotopic (exact) mass is 649 g/mol. The SMILES string of the molecule is CCN(Cc1cccc(S(=O)(=O)O)c1)c1ccc2c(c1)Sc1cc(N(CC)Cc3cccc(S(=O)(=O)O)c3)ccc1N2.[H-].[Na+]. The zero-order chi connectivity index (χ0) is 30.1. The van der Waals surface area contributed by atoms with Crippen LogP contribution in [0.3, 0.4) is 0 Å². The first-order valence-electron chi connectivity index (χ1n) is 13.3. The second-order valence-corrected chi connectivity index (χ2v) is 13.8. The Morgan fingerprint density at radius 1 is 0.674 bits per heavy atom. The number of benzene rings is 4. The van der Waals surface area contributed by atoms with Gasteiger partial charge in [-0.1, -0.05) is 36.0 Å². The molecule has 1 aliphatic rings. The molecule has 0 atom stereocenters. The molecule has 0 fully saturated rings. The number of nitrogens with zero attached hydrogens (tertiary/aromatic N) is 2. The molecule has 13 heteroatoms. The molecule has 4 aromatic rings. The first-order chi connectivity index (χ1) is 19.9. The normalized spacial score (nSPS) is 12.4. The third kappa shape index (κ3) is 7.95. The second kappa shape index (κ2) is 13.6. The summed E-state index contributed by atoms with van der Waals surface area (Å²) in [5.74, 6) is 0. The van der Waals surface area contributed by atoms with Crippen molar-refractivity contribution >= 4 is 54.7 Å². The maximum Gasteiger partial charge on any atom is 1.00 e. The van der Waals surface area contributed by atoms with E-state index in [0.29, 0.717) is 26.2 Å². The Hall–Kier alpha value is -2.55. The molecule has 43 heavy (non-hydrogen) atoms. The molecule has 1 aliphatic heterocycles. The van der Waals surface area contributed by atoms with Gasteiger partial charge in [0.25, 0.3) is 20.2 Å². The van der Waals surface area contributed by atoms with Gasteiger partial charge in [-0.15, -0.1) is 0 Å². The molecule has 1 heterocycles. The van der Waals surface area contributed by atoms with E-state index in [1.54, 1.807) is 23.9 Å². The van der Waals surface area contributed by atoms with E-state index in [2.05, 4.69) is 27.2 Å². The van der Waals surface area contributed by atoms with Crippen molar-refractivity contribution in [2.24, 2.45) is 0 Å².